The molecule has 1 aromatic carbocycles. The van der Waals surface area contributed by atoms with Crippen LogP contribution in [-0.4, -0.2) is 4.43 Å². The van der Waals surface area contributed by atoms with Gasteiger partial charge in [0.2, 0.25) is 0 Å². The van der Waals surface area contributed by atoms with Crippen LogP contribution in [0.2, 0.25) is 0 Å². The topological polar surface area (TPSA) is 0 Å². The van der Waals surface area contributed by atoms with Gasteiger partial charge < -0.3 is 0 Å². The van der Waals surface area contributed by atoms with Crippen LogP contribution in [0.25, 0.3) is 0 Å². The molecule has 11 heavy (non-hydrogen) atoms. The first-order chi connectivity index (χ1) is 5.34. The zero-order chi connectivity index (χ0) is 8.10. The minimum atomic E-state index is 0.188. The SMILES string of the molecule is ClC(CCI)c1ccccc1. The molecular weight excluding hydrogens is 270 g/mol. The van der Waals surface area contributed by atoms with E-state index < -0.39 is 0 Å². The Labute approximate surface area is 86.1 Å². The minimum Gasteiger partial charge on any atom is -0.118 e. The number of halogens is 2. The quantitative estimate of drug-likeness (QED) is 0.584. The van der Waals surface area contributed by atoms with Crippen molar-refractivity contribution in [1.29, 1.82) is 0 Å². The molecule has 0 radical (unpaired) electrons. The Morgan fingerprint density at radius 2 is 1.91 bits per heavy atom. The normalized spacial score (nSPS) is 12.9. The van der Waals surface area contributed by atoms with Crippen molar-refractivity contribution in [2.45, 2.75) is 11.8 Å². The van der Waals surface area contributed by atoms with Crippen LogP contribution in [0.5, 0.6) is 0 Å². The van der Waals surface area contributed by atoms with Crippen LogP contribution in [0.15, 0.2) is 30.3 Å². The maximum absolute atomic E-state index is 6.10. The summed E-state index contributed by atoms with van der Waals surface area (Å²) in [5, 5.41) is 0.188. The lowest BCUT2D eigenvalue weighted by atomic mass is 10.1. The van der Waals surface area contributed by atoms with E-state index in [-0.39, 0.29) is 5.38 Å². The summed E-state index contributed by atoms with van der Waals surface area (Å²) in [7, 11) is 0. The van der Waals surface area contributed by atoms with Crippen molar-refractivity contribution in [2.75, 3.05) is 4.43 Å². The average Bonchev–Trinajstić information content (AvgIpc) is 2.07. The lowest BCUT2D eigenvalue weighted by Gasteiger charge is -2.06. The Hall–Kier alpha value is 0.240. The van der Waals surface area contributed by atoms with Gasteiger partial charge in [-0.25, -0.2) is 0 Å². The molecule has 0 aliphatic heterocycles. The molecule has 1 unspecified atom stereocenters. The molecule has 0 heterocycles. The van der Waals surface area contributed by atoms with Gasteiger partial charge in [-0.2, -0.15) is 0 Å². The first-order valence-electron chi connectivity index (χ1n) is 3.59. The molecule has 0 saturated heterocycles. The molecule has 0 fully saturated rings. The lowest BCUT2D eigenvalue weighted by Crippen LogP contribution is -1.89. The van der Waals surface area contributed by atoms with Gasteiger partial charge in [0.05, 0.1) is 5.38 Å². The van der Waals surface area contributed by atoms with Gasteiger partial charge in [-0.05, 0) is 12.0 Å². The van der Waals surface area contributed by atoms with Gasteiger partial charge in [-0.3, -0.25) is 0 Å². The average molecular weight is 281 g/mol. The monoisotopic (exact) mass is 280 g/mol. The van der Waals surface area contributed by atoms with Gasteiger partial charge in [0.15, 0.2) is 0 Å². The van der Waals surface area contributed by atoms with Crippen LogP contribution in [0, 0.1) is 0 Å². The number of benzene rings is 1. The van der Waals surface area contributed by atoms with E-state index in [0.29, 0.717) is 0 Å². The largest absolute Gasteiger partial charge is 0.118 e. The fourth-order valence-corrected chi connectivity index (χ4v) is 2.17. The third kappa shape index (κ3) is 2.99. The van der Waals surface area contributed by atoms with Crippen molar-refractivity contribution in [3.63, 3.8) is 0 Å². The highest BCUT2D eigenvalue weighted by Gasteiger charge is 2.04. The van der Waals surface area contributed by atoms with Gasteiger partial charge in [0, 0.05) is 4.43 Å². The summed E-state index contributed by atoms with van der Waals surface area (Å²) in [6, 6.07) is 10.2. The van der Waals surface area contributed by atoms with E-state index in [0.717, 1.165) is 10.8 Å². The molecule has 1 aromatic rings. The summed E-state index contributed by atoms with van der Waals surface area (Å²) in [6.45, 7) is 0. The first-order valence-corrected chi connectivity index (χ1v) is 5.56. The van der Waals surface area contributed by atoms with Gasteiger partial charge in [0.25, 0.3) is 0 Å². The van der Waals surface area contributed by atoms with Crippen LogP contribution < -0.4 is 0 Å². The molecule has 0 aliphatic rings. The summed E-state index contributed by atoms with van der Waals surface area (Å²) in [6.07, 6.45) is 1.05. The summed E-state index contributed by atoms with van der Waals surface area (Å²) in [4.78, 5) is 0. The van der Waals surface area contributed by atoms with E-state index in [1.165, 1.54) is 5.56 Å². The van der Waals surface area contributed by atoms with E-state index >= 15 is 0 Å². The highest BCUT2D eigenvalue weighted by atomic mass is 127. The van der Waals surface area contributed by atoms with Crippen LogP contribution >= 0.6 is 34.2 Å². The Morgan fingerprint density at radius 3 is 2.45 bits per heavy atom. The van der Waals surface area contributed by atoms with Crippen LogP contribution in [0.3, 0.4) is 0 Å². The first kappa shape index (κ1) is 9.33. The highest BCUT2D eigenvalue weighted by molar-refractivity contribution is 14.1. The second-order valence-corrected chi connectivity index (χ2v) is 3.96. The molecular formula is C9H10ClI. The molecule has 2 heteroatoms. The van der Waals surface area contributed by atoms with Crippen LogP contribution in [-0.2, 0) is 0 Å². The van der Waals surface area contributed by atoms with Crippen molar-refractivity contribution >= 4 is 34.2 Å². The summed E-state index contributed by atoms with van der Waals surface area (Å²) in [5.41, 5.74) is 1.23. The molecule has 0 nitrogen and oxygen atoms in total. The van der Waals surface area contributed by atoms with Gasteiger partial charge in [-0.1, -0.05) is 52.9 Å². The maximum atomic E-state index is 6.10. The maximum Gasteiger partial charge on any atom is 0.0592 e. The molecule has 0 bridgehead atoms. The van der Waals surface area contributed by atoms with Crippen LogP contribution in [0.4, 0.5) is 0 Å². The van der Waals surface area contributed by atoms with E-state index in [2.05, 4.69) is 34.7 Å². The standard InChI is InChI=1S/C9H10ClI/c10-9(6-7-11)8-4-2-1-3-5-8/h1-5,9H,6-7H2. The summed E-state index contributed by atoms with van der Waals surface area (Å²) >= 11 is 8.45. The van der Waals surface area contributed by atoms with Crippen molar-refractivity contribution < 1.29 is 0 Å². The fraction of sp³-hybridized carbons (Fsp3) is 0.333. The molecule has 0 aliphatic carbocycles. The number of hydrogen-bond donors (Lipinski definition) is 0. The van der Waals surface area contributed by atoms with Crippen molar-refractivity contribution in [1.82, 2.24) is 0 Å². The van der Waals surface area contributed by atoms with Gasteiger partial charge >= 0.3 is 0 Å². The van der Waals surface area contributed by atoms with E-state index in [1.807, 2.05) is 18.2 Å². The predicted molar refractivity (Wildman–Crippen MR) is 58.5 cm³/mol. The zero-order valence-electron chi connectivity index (χ0n) is 6.13. The van der Waals surface area contributed by atoms with Crippen LogP contribution in [0.1, 0.15) is 17.4 Å². The smallest absolute Gasteiger partial charge is 0.0592 e. The van der Waals surface area contributed by atoms with Crippen molar-refractivity contribution in [3.05, 3.63) is 35.9 Å². The fourth-order valence-electron chi connectivity index (χ4n) is 0.924. The molecule has 0 spiro atoms. The third-order valence-corrected chi connectivity index (χ3v) is 2.62. The number of alkyl halides is 2. The molecule has 0 N–H and O–H groups in total. The Bertz CT molecular complexity index is 198. The lowest BCUT2D eigenvalue weighted by molar-refractivity contribution is 0.906. The van der Waals surface area contributed by atoms with Crippen molar-refractivity contribution in [2.24, 2.45) is 0 Å². The van der Waals surface area contributed by atoms with Gasteiger partial charge in [0.1, 0.15) is 0 Å². The summed E-state index contributed by atoms with van der Waals surface area (Å²) in [5.74, 6) is 0. The predicted octanol–water partition coefficient (Wildman–Crippen LogP) is 3.79. The molecule has 1 atom stereocenters. The Kier molecular flexibility index (Phi) is 4.23. The molecule has 0 amide bonds. The summed E-state index contributed by atoms with van der Waals surface area (Å²) < 4.78 is 1.11. The third-order valence-electron chi connectivity index (χ3n) is 1.52. The van der Waals surface area contributed by atoms with Gasteiger partial charge in [-0.15, -0.1) is 11.6 Å². The van der Waals surface area contributed by atoms with E-state index in [1.54, 1.807) is 0 Å². The van der Waals surface area contributed by atoms with E-state index in [4.69, 9.17) is 11.6 Å². The van der Waals surface area contributed by atoms with Crippen molar-refractivity contribution in [3.8, 4) is 0 Å². The highest BCUT2D eigenvalue weighted by Crippen LogP contribution is 2.24. The molecule has 1 rings (SSSR count). The second kappa shape index (κ2) is 4.99. The molecule has 0 aromatic heterocycles. The van der Waals surface area contributed by atoms with E-state index in [9.17, 15) is 0 Å². The Morgan fingerprint density at radius 1 is 1.27 bits per heavy atom. The molecule has 0 saturated carbocycles. The Balaban J connectivity index is 2.61. The zero-order valence-corrected chi connectivity index (χ0v) is 9.05. The number of hydrogen-bond acceptors (Lipinski definition) is 0. The second-order valence-electron chi connectivity index (χ2n) is 2.36. The number of rotatable bonds is 3. The minimum absolute atomic E-state index is 0.188. The molecule has 60 valence electrons.